The average Bonchev–Trinajstić information content (AvgIpc) is 3.13. The lowest BCUT2D eigenvalue weighted by molar-refractivity contribution is 0.0981. The van der Waals surface area contributed by atoms with Crippen LogP contribution in [0.3, 0.4) is 0 Å². The molecule has 2 aromatic heterocycles. The minimum atomic E-state index is -4.15. The Morgan fingerprint density at radius 3 is 2.59 bits per heavy atom. The van der Waals surface area contributed by atoms with E-state index in [0.29, 0.717) is 5.52 Å². The fourth-order valence-electron chi connectivity index (χ4n) is 4.46. The summed E-state index contributed by atoms with van der Waals surface area (Å²) >= 11 is 6.07. The fraction of sp³-hybridized carbons (Fsp3) is 0.286. The van der Waals surface area contributed by atoms with Crippen molar-refractivity contribution in [1.29, 1.82) is 0 Å². The third-order valence-electron chi connectivity index (χ3n) is 6.04. The second-order valence-corrected chi connectivity index (χ2v) is 11.2. The van der Waals surface area contributed by atoms with Gasteiger partial charge in [0.15, 0.2) is 0 Å². The van der Waals surface area contributed by atoms with Crippen molar-refractivity contribution in [2.45, 2.75) is 42.5 Å². The zero-order chi connectivity index (χ0) is 23.0. The Kier molecular flexibility index (Phi) is 4.35. The van der Waals surface area contributed by atoms with Crippen molar-refractivity contribution in [3.8, 4) is 0 Å². The molecule has 0 radical (unpaired) electrons. The molecule has 1 fully saturated rings. The molecule has 2 heterocycles. The maximum Gasteiger partial charge on any atom is 0.362 e. The van der Waals surface area contributed by atoms with Crippen molar-refractivity contribution in [3.05, 3.63) is 62.4 Å². The zero-order valence-electron chi connectivity index (χ0n) is 17.2. The molecule has 32 heavy (non-hydrogen) atoms. The van der Waals surface area contributed by atoms with Crippen molar-refractivity contribution in [2.75, 3.05) is 0 Å². The zero-order valence-corrected chi connectivity index (χ0v) is 18.7. The third kappa shape index (κ3) is 2.97. The Morgan fingerprint density at radius 1 is 1.19 bits per heavy atom. The van der Waals surface area contributed by atoms with Crippen LogP contribution in [0.4, 0.5) is 0 Å². The number of fused-ring (bicyclic) bond motifs is 2. The SMILES string of the molecule is CC1(C)CC(n2ncc3ccc(S(=O)(=O)c4ccc(Cl)c5c(=O)n(O)c(=O)[nH]c45)cc32)C1. The molecule has 0 atom stereocenters. The molecule has 1 aliphatic carbocycles. The second kappa shape index (κ2) is 6.69. The molecule has 4 aromatic rings. The van der Waals surface area contributed by atoms with Crippen molar-refractivity contribution in [3.63, 3.8) is 0 Å². The highest BCUT2D eigenvalue weighted by atomic mass is 35.5. The number of hydrogen-bond acceptors (Lipinski definition) is 6. The van der Waals surface area contributed by atoms with Crippen LogP contribution in [0.2, 0.25) is 5.02 Å². The Bertz CT molecular complexity index is 1640. The fourth-order valence-corrected chi connectivity index (χ4v) is 6.14. The minimum absolute atomic E-state index is 0.0111. The van der Waals surface area contributed by atoms with Crippen molar-refractivity contribution in [1.82, 2.24) is 19.5 Å². The molecular formula is C21H19ClN4O5S. The first kappa shape index (κ1) is 20.8. The molecule has 0 amide bonds. The summed E-state index contributed by atoms with van der Waals surface area (Å²) in [4.78, 5) is 26.2. The van der Waals surface area contributed by atoms with Gasteiger partial charge in [-0.3, -0.25) is 9.48 Å². The Labute approximate surface area is 186 Å². The van der Waals surface area contributed by atoms with E-state index in [0.717, 1.165) is 18.2 Å². The van der Waals surface area contributed by atoms with Crippen LogP contribution in [0.15, 0.2) is 55.9 Å². The Balaban J connectivity index is 1.71. The largest absolute Gasteiger partial charge is 0.421 e. The van der Waals surface area contributed by atoms with E-state index in [-0.39, 0.29) is 41.9 Å². The van der Waals surface area contributed by atoms with Crippen LogP contribution in [0, 0.1) is 5.41 Å². The van der Waals surface area contributed by atoms with Gasteiger partial charge in [-0.05, 0) is 48.6 Å². The number of benzene rings is 2. The van der Waals surface area contributed by atoms with E-state index in [2.05, 4.69) is 23.9 Å². The molecule has 0 unspecified atom stereocenters. The molecular weight excluding hydrogens is 456 g/mol. The molecule has 0 saturated heterocycles. The quantitative estimate of drug-likeness (QED) is 0.439. The van der Waals surface area contributed by atoms with Gasteiger partial charge in [0.1, 0.15) is 0 Å². The van der Waals surface area contributed by atoms with Gasteiger partial charge in [0.2, 0.25) is 9.84 Å². The van der Waals surface area contributed by atoms with Gasteiger partial charge in [0, 0.05) is 5.39 Å². The lowest BCUT2D eigenvalue weighted by atomic mass is 9.68. The van der Waals surface area contributed by atoms with E-state index in [1.807, 2.05) is 4.68 Å². The van der Waals surface area contributed by atoms with Gasteiger partial charge in [-0.2, -0.15) is 5.10 Å². The summed E-state index contributed by atoms with van der Waals surface area (Å²) in [5.41, 5.74) is -1.61. The van der Waals surface area contributed by atoms with Crippen molar-refractivity contribution >= 4 is 43.2 Å². The topological polar surface area (TPSA) is 127 Å². The molecule has 2 aromatic carbocycles. The number of H-pyrrole nitrogens is 1. The van der Waals surface area contributed by atoms with Crippen LogP contribution >= 0.6 is 11.6 Å². The summed E-state index contributed by atoms with van der Waals surface area (Å²) in [6, 6.07) is 7.35. The number of nitrogens with zero attached hydrogens (tertiary/aromatic N) is 3. The van der Waals surface area contributed by atoms with Crippen LogP contribution < -0.4 is 11.2 Å². The lowest BCUT2D eigenvalue weighted by Gasteiger charge is -2.42. The van der Waals surface area contributed by atoms with Crippen molar-refractivity contribution < 1.29 is 13.6 Å². The predicted octanol–water partition coefficient (Wildman–Crippen LogP) is 3.12. The van der Waals surface area contributed by atoms with E-state index in [1.54, 1.807) is 18.3 Å². The summed E-state index contributed by atoms with van der Waals surface area (Å²) in [7, 11) is -4.15. The van der Waals surface area contributed by atoms with E-state index in [4.69, 9.17) is 11.6 Å². The normalized spacial score (nSPS) is 16.5. The number of aromatic nitrogens is 4. The summed E-state index contributed by atoms with van der Waals surface area (Å²) in [6.45, 7) is 4.36. The summed E-state index contributed by atoms with van der Waals surface area (Å²) < 4.78 is 28.8. The van der Waals surface area contributed by atoms with Gasteiger partial charge in [0.25, 0.3) is 5.56 Å². The predicted molar refractivity (Wildman–Crippen MR) is 118 cm³/mol. The van der Waals surface area contributed by atoms with Crippen LogP contribution in [0.25, 0.3) is 21.8 Å². The van der Waals surface area contributed by atoms with Crippen LogP contribution in [0.5, 0.6) is 0 Å². The minimum Gasteiger partial charge on any atom is -0.421 e. The number of nitrogens with one attached hydrogen (secondary N) is 1. The molecule has 9 nitrogen and oxygen atoms in total. The van der Waals surface area contributed by atoms with E-state index in [9.17, 15) is 23.2 Å². The maximum atomic E-state index is 13.5. The van der Waals surface area contributed by atoms with Gasteiger partial charge in [0.05, 0.1) is 43.5 Å². The molecule has 0 spiro atoms. The first-order chi connectivity index (χ1) is 15.0. The highest BCUT2D eigenvalue weighted by Gasteiger charge is 2.38. The first-order valence-electron chi connectivity index (χ1n) is 9.89. The lowest BCUT2D eigenvalue weighted by Crippen LogP contribution is -2.34. The van der Waals surface area contributed by atoms with Gasteiger partial charge in [-0.25, -0.2) is 13.2 Å². The number of aromatic amines is 1. The molecule has 1 aliphatic rings. The average molecular weight is 475 g/mol. The number of rotatable bonds is 3. The molecule has 1 saturated carbocycles. The molecule has 0 aliphatic heterocycles. The van der Waals surface area contributed by atoms with Crippen LogP contribution in [-0.2, 0) is 9.84 Å². The van der Waals surface area contributed by atoms with E-state index >= 15 is 0 Å². The molecule has 166 valence electrons. The van der Waals surface area contributed by atoms with Crippen LogP contribution in [-0.4, -0.2) is 33.1 Å². The monoisotopic (exact) mass is 474 g/mol. The molecule has 2 N–H and O–H groups in total. The van der Waals surface area contributed by atoms with Gasteiger partial charge in [-0.15, -0.1) is 0 Å². The van der Waals surface area contributed by atoms with E-state index in [1.165, 1.54) is 18.2 Å². The van der Waals surface area contributed by atoms with Gasteiger partial charge < -0.3 is 10.2 Å². The standard InChI is InChI=1S/C21H19ClN4O5S/c1-21(2)8-12(9-21)25-15-7-13(4-3-11(15)10-23-25)32(30,31)16-6-5-14(22)17-18(16)24-20(28)26(29)19(17)27/h3-7,10,12,29H,8-9H2,1-2H3,(H,24,28). The molecule has 5 rings (SSSR count). The Morgan fingerprint density at radius 2 is 1.91 bits per heavy atom. The third-order valence-corrected chi connectivity index (χ3v) is 8.15. The summed E-state index contributed by atoms with van der Waals surface area (Å²) in [6.07, 6.45) is 3.59. The highest BCUT2D eigenvalue weighted by Crippen LogP contribution is 2.48. The van der Waals surface area contributed by atoms with Crippen LogP contribution in [0.1, 0.15) is 32.7 Å². The van der Waals surface area contributed by atoms with Gasteiger partial charge in [-0.1, -0.05) is 30.2 Å². The number of hydrogen-bond donors (Lipinski definition) is 2. The molecule has 0 bridgehead atoms. The number of halogens is 1. The molecule has 11 heteroatoms. The Hall–Kier alpha value is -3.11. The smallest absolute Gasteiger partial charge is 0.362 e. The maximum absolute atomic E-state index is 13.5. The van der Waals surface area contributed by atoms with E-state index < -0.39 is 21.1 Å². The summed E-state index contributed by atoms with van der Waals surface area (Å²) in [5.74, 6) is 0. The van der Waals surface area contributed by atoms with Gasteiger partial charge >= 0.3 is 5.69 Å². The highest BCUT2D eigenvalue weighted by molar-refractivity contribution is 7.91. The first-order valence-corrected chi connectivity index (χ1v) is 11.7. The number of sulfone groups is 1. The second-order valence-electron chi connectivity index (χ2n) is 8.88. The van der Waals surface area contributed by atoms with Crippen molar-refractivity contribution in [2.24, 2.45) is 5.41 Å². The summed E-state index contributed by atoms with van der Waals surface area (Å²) in [5, 5.41) is 14.5.